The van der Waals surface area contributed by atoms with Gasteiger partial charge in [-0.2, -0.15) is 0 Å². The molecule has 29 heavy (non-hydrogen) atoms. The first kappa shape index (κ1) is 18.2. The molecule has 4 aromatic rings. The van der Waals surface area contributed by atoms with Gasteiger partial charge in [0.2, 0.25) is 5.95 Å². The van der Waals surface area contributed by atoms with Gasteiger partial charge in [-0.25, -0.2) is 9.97 Å². The minimum atomic E-state index is -0.393. The molecule has 2 aromatic carbocycles. The first-order valence-electron chi connectivity index (χ1n) is 8.84. The number of hydrogen-bond donors (Lipinski definition) is 2. The van der Waals surface area contributed by atoms with E-state index in [4.69, 9.17) is 9.26 Å². The Hall–Kier alpha value is -4.20. The molecule has 8 heteroatoms. The maximum Gasteiger partial charge on any atom is 0.274 e. The second-order valence-corrected chi connectivity index (χ2v) is 6.08. The third kappa shape index (κ3) is 4.56. The Morgan fingerprint density at radius 3 is 2.62 bits per heavy atom. The zero-order chi connectivity index (χ0) is 20.1. The van der Waals surface area contributed by atoms with Crippen LogP contribution in [0.5, 0.6) is 11.5 Å². The van der Waals surface area contributed by atoms with Gasteiger partial charge < -0.3 is 19.9 Å². The van der Waals surface area contributed by atoms with Gasteiger partial charge in [-0.3, -0.25) is 4.79 Å². The van der Waals surface area contributed by atoms with Crippen LogP contribution in [-0.2, 0) is 0 Å². The van der Waals surface area contributed by atoms with Crippen LogP contribution in [0, 0.1) is 6.92 Å². The van der Waals surface area contributed by atoms with E-state index in [0.717, 1.165) is 0 Å². The van der Waals surface area contributed by atoms with E-state index in [1.54, 1.807) is 25.1 Å². The maximum atomic E-state index is 12.7. The Bertz CT molecular complexity index is 1130. The number of amides is 1. The van der Waals surface area contributed by atoms with Crippen molar-refractivity contribution in [3.05, 3.63) is 84.4 Å². The summed E-state index contributed by atoms with van der Waals surface area (Å²) in [4.78, 5) is 21.0. The third-order valence-electron chi connectivity index (χ3n) is 3.86. The molecular weight excluding hydrogens is 370 g/mol. The molecule has 0 bridgehead atoms. The van der Waals surface area contributed by atoms with E-state index in [-0.39, 0.29) is 11.6 Å². The van der Waals surface area contributed by atoms with E-state index in [1.165, 1.54) is 12.3 Å². The summed E-state index contributed by atoms with van der Waals surface area (Å²) in [5.74, 6) is 2.15. The van der Waals surface area contributed by atoms with Crippen molar-refractivity contribution >= 4 is 23.4 Å². The highest BCUT2D eigenvalue weighted by atomic mass is 16.5. The molecule has 8 nitrogen and oxygen atoms in total. The lowest BCUT2D eigenvalue weighted by molar-refractivity contribution is 0.102. The molecule has 0 saturated heterocycles. The minimum absolute atomic E-state index is 0.192. The van der Waals surface area contributed by atoms with Crippen LogP contribution in [0.25, 0.3) is 0 Å². The highest BCUT2D eigenvalue weighted by molar-refractivity contribution is 6.03. The predicted molar refractivity (Wildman–Crippen MR) is 107 cm³/mol. The Balaban J connectivity index is 1.50. The fourth-order valence-corrected chi connectivity index (χ4v) is 2.55. The highest BCUT2D eigenvalue weighted by Gasteiger charge is 2.13. The molecule has 2 aromatic heterocycles. The van der Waals surface area contributed by atoms with Gasteiger partial charge in [0.25, 0.3) is 5.91 Å². The summed E-state index contributed by atoms with van der Waals surface area (Å²) in [5.41, 5.74) is 0.721. The number of carbonyl (C=O) groups excluding carboxylic acids is 1. The molecule has 2 heterocycles. The van der Waals surface area contributed by atoms with Crippen molar-refractivity contribution in [3.8, 4) is 11.5 Å². The van der Waals surface area contributed by atoms with Crippen LogP contribution < -0.4 is 15.4 Å². The number of aromatic nitrogens is 3. The molecule has 144 valence electrons. The second-order valence-electron chi connectivity index (χ2n) is 6.08. The van der Waals surface area contributed by atoms with Crippen LogP contribution >= 0.6 is 0 Å². The van der Waals surface area contributed by atoms with Crippen molar-refractivity contribution in [2.75, 3.05) is 10.6 Å². The molecule has 0 saturated carbocycles. The number of rotatable bonds is 6. The summed E-state index contributed by atoms with van der Waals surface area (Å²) in [6.45, 7) is 1.78. The number of benzene rings is 2. The molecule has 4 rings (SSSR count). The molecule has 0 radical (unpaired) electrons. The number of para-hydroxylation sites is 3. The summed E-state index contributed by atoms with van der Waals surface area (Å²) in [7, 11) is 0. The van der Waals surface area contributed by atoms with Crippen LogP contribution in [0.15, 0.2) is 77.4 Å². The van der Waals surface area contributed by atoms with Gasteiger partial charge in [0.05, 0.1) is 5.69 Å². The topological polar surface area (TPSA) is 102 Å². The molecular formula is C21H17N5O3. The van der Waals surface area contributed by atoms with E-state index in [1.807, 2.05) is 42.5 Å². The van der Waals surface area contributed by atoms with Crippen LogP contribution in [0.4, 0.5) is 17.5 Å². The summed E-state index contributed by atoms with van der Waals surface area (Å²) < 4.78 is 10.9. The Kier molecular flexibility index (Phi) is 5.15. The smallest absolute Gasteiger partial charge is 0.274 e. The zero-order valence-corrected chi connectivity index (χ0v) is 15.5. The van der Waals surface area contributed by atoms with Crippen LogP contribution in [-0.4, -0.2) is 21.0 Å². The number of aryl methyl sites for hydroxylation is 1. The molecule has 0 unspecified atom stereocenters. The van der Waals surface area contributed by atoms with Gasteiger partial charge in [0.15, 0.2) is 11.6 Å². The number of ether oxygens (including phenoxy) is 1. The van der Waals surface area contributed by atoms with Gasteiger partial charge in [0.1, 0.15) is 17.2 Å². The van der Waals surface area contributed by atoms with Crippen molar-refractivity contribution in [3.63, 3.8) is 0 Å². The summed E-state index contributed by atoms with van der Waals surface area (Å²) in [5, 5.41) is 9.54. The molecule has 1 amide bonds. The van der Waals surface area contributed by atoms with Gasteiger partial charge in [0, 0.05) is 12.3 Å². The first-order chi connectivity index (χ1) is 14.2. The van der Waals surface area contributed by atoms with Gasteiger partial charge in [-0.05, 0) is 37.3 Å². The second kappa shape index (κ2) is 8.22. The van der Waals surface area contributed by atoms with E-state index in [0.29, 0.717) is 28.8 Å². The van der Waals surface area contributed by atoms with Crippen molar-refractivity contribution in [1.82, 2.24) is 15.1 Å². The van der Waals surface area contributed by atoms with E-state index < -0.39 is 5.91 Å². The molecule has 0 aliphatic rings. The average Bonchev–Trinajstić information content (AvgIpc) is 3.15. The fraction of sp³-hybridized carbons (Fsp3) is 0.0476. The van der Waals surface area contributed by atoms with Crippen LogP contribution in [0.3, 0.4) is 0 Å². The third-order valence-corrected chi connectivity index (χ3v) is 3.86. The highest BCUT2D eigenvalue weighted by Crippen LogP contribution is 2.29. The number of nitrogens with one attached hydrogen (secondary N) is 2. The van der Waals surface area contributed by atoms with E-state index in [2.05, 4.69) is 25.8 Å². The zero-order valence-electron chi connectivity index (χ0n) is 15.5. The first-order valence-corrected chi connectivity index (χ1v) is 8.84. The maximum absolute atomic E-state index is 12.7. The van der Waals surface area contributed by atoms with Gasteiger partial charge >= 0.3 is 0 Å². The standard InChI is InChI=1S/C21H17N5O3/c1-14-13-19(26-29-14)25-21-22-12-11-17(24-21)20(27)23-16-9-5-6-10-18(16)28-15-7-3-2-4-8-15/h2-13H,1H3,(H,23,27)(H,22,24,25,26). The molecule has 0 fully saturated rings. The molecule has 2 N–H and O–H groups in total. The van der Waals surface area contributed by atoms with Crippen molar-refractivity contribution < 1.29 is 14.1 Å². The van der Waals surface area contributed by atoms with Crippen LogP contribution in [0.1, 0.15) is 16.2 Å². The summed E-state index contributed by atoms with van der Waals surface area (Å²) in [6.07, 6.45) is 1.49. The lowest BCUT2D eigenvalue weighted by Crippen LogP contribution is -2.15. The molecule has 0 aliphatic carbocycles. The Morgan fingerprint density at radius 1 is 1.03 bits per heavy atom. The molecule has 0 atom stereocenters. The van der Waals surface area contributed by atoms with E-state index in [9.17, 15) is 4.79 Å². The van der Waals surface area contributed by atoms with Gasteiger partial charge in [-0.1, -0.05) is 35.5 Å². The lowest BCUT2D eigenvalue weighted by Gasteiger charge is -2.12. The fourth-order valence-electron chi connectivity index (χ4n) is 2.55. The molecule has 0 spiro atoms. The largest absolute Gasteiger partial charge is 0.455 e. The van der Waals surface area contributed by atoms with E-state index >= 15 is 0 Å². The van der Waals surface area contributed by atoms with Crippen molar-refractivity contribution in [2.24, 2.45) is 0 Å². The minimum Gasteiger partial charge on any atom is -0.455 e. The normalized spacial score (nSPS) is 10.4. The van der Waals surface area contributed by atoms with Crippen molar-refractivity contribution in [2.45, 2.75) is 6.92 Å². The average molecular weight is 387 g/mol. The lowest BCUT2D eigenvalue weighted by atomic mass is 10.2. The van der Waals surface area contributed by atoms with Crippen molar-refractivity contribution in [1.29, 1.82) is 0 Å². The van der Waals surface area contributed by atoms with Crippen LogP contribution in [0.2, 0.25) is 0 Å². The summed E-state index contributed by atoms with van der Waals surface area (Å²) in [6, 6.07) is 19.7. The monoisotopic (exact) mass is 387 g/mol. The Labute approximate surface area is 166 Å². The SMILES string of the molecule is Cc1cc(Nc2nccc(C(=O)Nc3ccccc3Oc3ccccc3)n2)no1. The number of anilines is 3. The predicted octanol–water partition coefficient (Wildman–Crippen LogP) is 4.56. The molecule has 0 aliphatic heterocycles. The number of hydrogen-bond acceptors (Lipinski definition) is 7. The summed E-state index contributed by atoms with van der Waals surface area (Å²) >= 11 is 0. The quantitative estimate of drug-likeness (QED) is 0.500. The Morgan fingerprint density at radius 2 is 1.83 bits per heavy atom. The number of carbonyl (C=O) groups is 1. The van der Waals surface area contributed by atoms with Gasteiger partial charge in [-0.15, -0.1) is 0 Å². The number of nitrogens with zero attached hydrogens (tertiary/aromatic N) is 3.